The molecule has 90 heavy (non-hydrogen) atoms. The third kappa shape index (κ3) is 24.8. The first-order valence-electron chi connectivity index (χ1n) is 29.1. The second kappa shape index (κ2) is 37.0. The predicted molar refractivity (Wildman–Crippen MR) is 328 cm³/mol. The number of nitrogens with zero attached hydrogens (tertiary/aromatic N) is 6. The van der Waals surface area contributed by atoms with Crippen molar-refractivity contribution in [2.75, 3.05) is 105 Å². The molecule has 0 aliphatic carbocycles. The Morgan fingerprint density at radius 1 is 0.622 bits per heavy atom. The zero-order chi connectivity index (χ0) is 64.6. The second-order valence-electron chi connectivity index (χ2n) is 21.8. The minimum Gasteiger partial charge on any atom is -0.549 e. The van der Waals surface area contributed by atoms with Crippen LogP contribution in [0.4, 0.5) is 0 Å². The van der Waals surface area contributed by atoms with Crippen LogP contribution in [-0.4, -0.2) is 224 Å². The number of aromatic hydroxyl groups is 1. The standard InChI is InChI=1S/C60H79IN14O14.Y/c1-71-48(9-5-18-64-55(85)42-15-10-38(11-16-42)32-66-51(78)34-72-20-22-73(35-52(79)80)24-26-75(37-54(83)84)27-25-74(23-21-72)36-53(81)82)58(88)69-45(8-4-19-65-60(62)63)57(87)70-46(30-39-12-14-41-6-2-3-7-43(41)28-39)56(86)67-33-50(77)68-47(59(71)89)31-40-13-17-49(76)44(61)29-40;/h2-3,6-7,10-17,28-29,45-48,76H,4-5,8-9,18-27,30-37H2,1H3,(H,64,85)(H,66,78)(H,67,86)(H,68,77)(H,69,88)(H,70,87)(H,79,80)(H,81,82)(H,83,84)(H4,62,63,65);/q;+3/p-3/t45-,46-,47+,48+;/m0./s1/i;1+1. The van der Waals surface area contributed by atoms with Crippen LogP contribution in [0.1, 0.15) is 52.7 Å². The number of aliphatic carboxylic acids is 3. The van der Waals surface area contributed by atoms with Crippen molar-refractivity contribution in [2.24, 2.45) is 16.5 Å². The van der Waals surface area contributed by atoms with Crippen LogP contribution in [0.3, 0.4) is 0 Å². The predicted octanol–water partition coefficient (Wildman–Crippen LogP) is -5.30. The molecule has 11 N–H and O–H groups in total. The number of carboxylic acid groups (broad SMARTS) is 3. The van der Waals surface area contributed by atoms with Gasteiger partial charge in [0.25, 0.3) is 5.91 Å². The van der Waals surface area contributed by atoms with Crippen LogP contribution in [-0.2, 0) is 95.2 Å². The van der Waals surface area contributed by atoms with Crippen LogP contribution in [0, 0.1) is 3.57 Å². The molecule has 28 nitrogen and oxygen atoms in total. The van der Waals surface area contributed by atoms with Crippen molar-refractivity contribution in [1.29, 1.82) is 0 Å². The molecule has 480 valence electrons. The number of hydrogen-bond donors (Lipinski definition) is 9. The van der Waals surface area contributed by atoms with Crippen LogP contribution in [0.15, 0.2) is 89.9 Å². The maximum atomic E-state index is 14.7. The number of fused-ring (bicyclic) bond motifs is 1. The molecule has 0 radical (unpaired) electrons. The Bertz CT molecular complexity index is 3160. The number of carbonyl (C=O) groups excluding carboxylic acids is 10. The van der Waals surface area contributed by atoms with Gasteiger partial charge < -0.3 is 83.1 Å². The number of hydrogen-bond acceptors (Lipinski definition) is 19. The molecule has 0 spiro atoms. The second-order valence-corrected chi connectivity index (χ2v) is 23.0. The van der Waals surface area contributed by atoms with Gasteiger partial charge >= 0.3 is 32.7 Å². The van der Waals surface area contributed by atoms with E-state index in [1.165, 1.54) is 22.9 Å². The largest absolute Gasteiger partial charge is 3.00 e. The average Bonchev–Trinajstić information content (AvgIpc) is 2.46. The summed E-state index contributed by atoms with van der Waals surface area (Å²) in [7, 11) is 1.38. The monoisotopic (exact) mass is 1430 g/mol. The smallest absolute Gasteiger partial charge is 0.549 e. The van der Waals surface area contributed by atoms with E-state index in [0.717, 1.165) is 10.8 Å². The summed E-state index contributed by atoms with van der Waals surface area (Å²) in [5, 5.41) is 63.3. The van der Waals surface area contributed by atoms with Crippen molar-refractivity contribution in [2.45, 2.75) is 69.2 Å². The number of guanidine groups is 1. The molecule has 7 amide bonds. The minimum absolute atomic E-state index is 0. The van der Waals surface area contributed by atoms with Gasteiger partial charge in [0.1, 0.15) is 29.9 Å². The van der Waals surface area contributed by atoms with E-state index in [1.54, 1.807) is 51.1 Å². The number of carbonyl (C=O) groups is 10. The van der Waals surface area contributed by atoms with Crippen molar-refractivity contribution >= 4 is 98.6 Å². The molecule has 2 heterocycles. The number of benzene rings is 4. The molecule has 2 fully saturated rings. The number of rotatable bonds is 23. The summed E-state index contributed by atoms with van der Waals surface area (Å²) in [6.45, 7) is -0.547. The van der Waals surface area contributed by atoms with E-state index in [0.29, 0.717) is 20.3 Å². The quantitative estimate of drug-likeness (QED) is 0.0145. The summed E-state index contributed by atoms with van der Waals surface area (Å²) in [6, 6.07) is 19.1. The Morgan fingerprint density at radius 3 is 1.73 bits per heavy atom. The van der Waals surface area contributed by atoms with Gasteiger partial charge in [0.05, 0.1) is 34.6 Å². The van der Waals surface area contributed by atoms with Crippen molar-refractivity contribution in [3.05, 3.63) is 111 Å². The van der Waals surface area contributed by atoms with E-state index in [4.69, 9.17) is 11.5 Å². The molecule has 0 saturated carbocycles. The van der Waals surface area contributed by atoms with Crippen molar-refractivity contribution < 1.29 is 101 Å². The Hall–Kier alpha value is -7.42. The first-order valence-corrected chi connectivity index (χ1v) is 30.2. The third-order valence-electron chi connectivity index (χ3n) is 15.1. The Morgan fingerprint density at radius 2 is 1.16 bits per heavy atom. The molecule has 4 aromatic carbocycles. The number of aliphatic imine (C=N–C) groups is 1. The fraction of sp³-hybridized carbons (Fsp3) is 0.450. The molecule has 0 aromatic heterocycles. The molecule has 6 rings (SSSR count). The van der Waals surface area contributed by atoms with E-state index in [2.05, 4.69) is 36.9 Å². The van der Waals surface area contributed by atoms with Gasteiger partial charge in [-0.05, 0) is 100 Å². The van der Waals surface area contributed by atoms with Crippen molar-refractivity contribution in [3.8, 4) is 5.75 Å². The fourth-order valence-electron chi connectivity index (χ4n) is 10.3. The van der Waals surface area contributed by atoms with Crippen LogP contribution in [0.2, 0.25) is 0 Å². The number of amides is 7. The maximum Gasteiger partial charge on any atom is 3.00 e. The number of carboxylic acids is 3. The van der Waals surface area contributed by atoms with Gasteiger partial charge in [-0.25, -0.2) is 0 Å². The van der Waals surface area contributed by atoms with Gasteiger partial charge in [-0.3, -0.25) is 58.2 Å². The van der Waals surface area contributed by atoms with E-state index in [-0.39, 0.29) is 167 Å². The van der Waals surface area contributed by atoms with Gasteiger partial charge in [0.15, 0.2) is 5.96 Å². The molecule has 2 saturated heterocycles. The van der Waals surface area contributed by atoms with Gasteiger partial charge in [0.2, 0.25) is 35.4 Å². The number of phenolic OH excluding ortho intramolecular Hbond substituents is 1. The summed E-state index contributed by atoms with van der Waals surface area (Å²) >= 11 is 1.93. The molecular formula is C60H76IN14O14Y. The molecule has 0 bridgehead atoms. The Balaban J connectivity index is 0.0000147. The normalized spacial score (nSPS) is 19.2. The molecule has 4 aromatic rings. The van der Waals surface area contributed by atoms with Crippen LogP contribution in [0.25, 0.3) is 10.8 Å². The van der Waals surface area contributed by atoms with E-state index < -0.39 is 110 Å². The molecule has 30 heteroatoms. The average molecular weight is 1430 g/mol. The van der Waals surface area contributed by atoms with Crippen LogP contribution in [0.5, 0.6) is 5.75 Å². The Labute approximate surface area is 559 Å². The fourth-order valence-corrected chi connectivity index (χ4v) is 10.8. The van der Waals surface area contributed by atoms with Crippen LogP contribution >= 0.6 is 22.6 Å². The number of halogens is 1. The van der Waals surface area contributed by atoms with Gasteiger partial charge in [-0.1, -0.05) is 60.7 Å². The number of phenols is 1. The summed E-state index contributed by atoms with van der Waals surface area (Å²) in [6.07, 6.45) is 0.169. The van der Waals surface area contributed by atoms with E-state index >= 15 is 0 Å². The zero-order valence-corrected chi connectivity index (χ0v) is 55.0. The summed E-state index contributed by atoms with van der Waals surface area (Å²) in [4.78, 5) is 145. The van der Waals surface area contributed by atoms with Crippen molar-refractivity contribution in [1.82, 2.24) is 56.4 Å². The van der Waals surface area contributed by atoms with Crippen LogP contribution < -0.4 is 58.7 Å². The molecule has 0 unspecified atom stereocenters. The van der Waals surface area contributed by atoms with Gasteiger partial charge in [-0.15, -0.1) is 0 Å². The number of nitrogens with two attached hydrogens (primary N) is 2. The number of likely N-dealkylation sites (N-methyl/N-ethyl adjacent to an activating group) is 1. The SMILES string of the molecule is CN1C(=O)[C@@H](Cc2ccc(O)c(I)c2)NC(=O)CNC(=O)[C@H](Cc2ccc3ccccc3c2)NC(=O)[C@H](CCCN=C(N)N)NC(=O)[C@H]1CCCNC(=O)c1ccc(CNC(=O)CN2CCN(CC(=O)[O-])CCN(CC(=O)[O-])CCN(CC(=O)[O-])CC2)cc1.[90Y+3]. The van der Waals surface area contributed by atoms with Gasteiger partial charge in [-0.2, -0.15) is 0 Å². The maximum absolute atomic E-state index is 14.7. The van der Waals surface area contributed by atoms with E-state index in [9.17, 15) is 68.4 Å². The van der Waals surface area contributed by atoms with Gasteiger partial charge in [0, 0.05) is 117 Å². The van der Waals surface area contributed by atoms with Crippen molar-refractivity contribution in [3.63, 3.8) is 0 Å². The summed E-state index contributed by atoms with van der Waals surface area (Å²) in [5.41, 5.74) is 13.3. The topological polar surface area (TPSA) is 413 Å². The molecular weight excluding hydrogens is 1360 g/mol. The summed E-state index contributed by atoms with van der Waals surface area (Å²) < 4.78 is 0.475. The molecule has 2 aliphatic rings. The summed E-state index contributed by atoms with van der Waals surface area (Å²) in [5.74, 6) is -8.73. The number of nitrogens with one attached hydrogen (secondary N) is 6. The third-order valence-corrected chi connectivity index (χ3v) is 16.0. The van der Waals surface area contributed by atoms with E-state index in [1.807, 2.05) is 65.1 Å². The molecule has 4 atom stereocenters. The first-order chi connectivity index (χ1) is 42.5. The first kappa shape index (κ1) is 73.3. The molecule has 2 aliphatic heterocycles. The minimum atomic E-state index is -1.34. The Kier molecular flexibility index (Phi) is 30.2. The zero-order valence-electron chi connectivity index (χ0n) is 50.0.